The Hall–Kier alpha value is -2.55. The van der Waals surface area contributed by atoms with Gasteiger partial charge < -0.3 is 27.9 Å². The van der Waals surface area contributed by atoms with Crippen LogP contribution in [0.5, 0.6) is 0 Å². The first-order valence-electron chi connectivity index (χ1n) is 27.6. The Morgan fingerprint density at radius 3 is 1.25 bits per heavy atom. The molecule has 0 amide bonds. The van der Waals surface area contributed by atoms with Crippen molar-refractivity contribution >= 4 is 19.8 Å². The summed E-state index contributed by atoms with van der Waals surface area (Å²) in [5, 5.41) is 0. The second-order valence-corrected chi connectivity index (χ2v) is 21.0. The lowest BCUT2D eigenvalue weighted by atomic mass is 10.0. The van der Waals surface area contributed by atoms with Gasteiger partial charge in [-0.1, -0.05) is 228 Å². The summed E-state index contributed by atoms with van der Waals surface area (Å²) in [4.78, 5) is 37.8. The number of rotatable bonds is 50. The summed E-state index contributed by atoms with van der Waals surface area (Å²) in [6.45, 7) is 4.13. The van der Waals surface area contributed by atoms with Crippen LogP contribution in [-0.4, -0.2) is 70.0 Å². The average molecular weight is 974 g/mol. The van der Waals surface area contributed by atoms with E-state index in [4.69, 9.17) is 18.5 Å². The van der Waals surface area contributed by atoms with E-state index in [9.17, 15) is 19.0 Å². The van der Waals surface area contributed by atoms with Gasteiger partial charge in [0.05, 0.1) is 27.7 Å². The molecule has 68 heavy (non-hydrogen) atoms. The third-order valence-corrected chi connectivity index (χ3v) is 12.7. The smallest absolute Gasteiger partial charge is 0.306 e. The number of phosphoric ester groups is 1. The maximum absolute atomic E-state index is 12.8. The Kier molecular flexibility index (Phi) is 47.6. The lowest BCUT2D eigenvalue weighted by Gasteiger charge is -2.28. The van der Waals surface area contributed by atoms with Crippen LogP contribution in [0.25, 0.3) is 0 Å². The fraction of sp³-hybridized carbons (Fsp3) is 0.759. The van der Waals surface area contributed by atoms with E-state index in [2.05, 4.69) is 86.8 Å². The molecule has 0 aliphatic carbocycles. The number of allylic oxidation sites excluding steroid dienone is 12. The molecule has 0 radical (unpaired) electrons. The van der Waals surface area contributed by atoms with E-state index >= 15 is 0 Å². The molecule has 0 N–H and O–H groups in total. The summed E-state index contributed by atoms with van der Waals surface area (Å²) >= 11 is 0. The zero-order chi connectivity index (χ0) is 49.9. The van der Waals surface area contributed by atoms with Crippen LogP contribution in [0.2, 0.25) is 0 Å². The Morgan fingerprint density at radius 2 is 0.838 bits per heavy atom. The van der Waals surface area contributed by atoms with Crippen molar-refractivity contribution in [2.75, 3.05) is 47.5 Å². The van der Waals surface area contributed by atoms with Gasteiger partial charge in [0.1, 0.15) is 19.8 Å². The topological polar surface area (TPSA) is 111 Å². The highest BCUT2D eigenvalue weighted by atomic mass is 31.2. The molecule has 0 heterocycles. The second-order valence-electron chi connectivity index (χ2n) is 19.6. The summed E-state index contributed by atoms with van der Waals surface area (Å²) in [6.07, 6.45) is 63.6. The Bertz CT molecular complexity index is 1380. The highest BCUT2D eigenvalue weighted by Crippen LogP contribution is 2.38. The summed E-state index contributed by atoms with van der Waals surface area (Å²) in [6, 6.07) is 0. The van der Waals surface area contributed by atoms with Gasteiger partial charge in [0, 0.05) is 12.8 Å². The highest BCUT2D eigenvalue weighted by molar-refractivity contribution is 7.45. The quantitative estimate of drug-likeness (QED) is 0.0195. The predicted octanol–water partition coefficient (Wildman–Crippen LogP) is 16.3. The van der Waals surface area contributed by atoms with Crippen LogP contribution < -0.4 is 4.89 Å². The van der Waals surface area contributed by atoms with Gasteiger partial charge in [-0.2, -0.15) is 0 Å². The minimum Gasteiger partial charge on any atom is -0.756 e. The number of hydrogen-bond donors (Lipinski definition) is 0. The van der Waals surface area contributed by atoms with Gasteiger partial charge in [-0.25, -0.2) is 0 Å². The zero-order valence-corrected chi connectivity index (χ0v) is 45.4. The van der Waals surface area contributed by atoms with E-state index in [1.165, 1.54) is 116 Å². The minimum absolute atomic E-state index is 0.0330. The zero-order valence-electron chi connectivity index (χ0n) is 44.5. The molecular formula is C58H104NO8P. The van der Waals surface area contributed by atoms with Crippen molar-refractivity contribution in [2.24, 2.45) is 0 Å². The third-order valence-electron chi connectivity index (χ3n) is 11.7. The van der Waals surface area contributed by atoms with Crippen molar-refractivity contribution in [1.29, 1.82) is 0 Å². The van der Waals surface area contributed by atoms with Gasteiger partial charge in [0.15, 0.2) is 6.10 Å². The summed E-state index contributed by atoms with van der Waals surface area (Å²) in [7, 11) is 1.16. The summed E-state index contributed by atoms with van der Waals surface area (Å²) in [5.41, 5.74) is 0. The fourth-order valence-electron chi connectivity index (χ4n) is 7.48. The van der Waals surface area contributed by atoms with Crippen LogP contribution in [0.1, 0.15) is 232 Å². The molecule has 0 aliphatic heterocycles. The first-order chi connectivity index (χ1) is 33.0. The number of esters is 2. The van der Waals surface area contributed by atoms with Crippen molar-refractivity contribution in [3.05, 3.63) is 72.9 Å². The molecule has 0 aromatic heterocycles. The first-order valence-corrected chi connectivity index (χ1v) is 29.1. The molecule has 10 heteroatoms. The van der Waals surface area contributed by atoms with E-state index < -0.39 is 26.5 Å². The number of ether oxygens (including phenoxy) is 2. The van der Waals surface area contributed by atoms with Crippen LogP contribution >= 0.6 is 7.82 Å². The van der Waals surface area contributed by atoms with Crippen molar-refractivity contribution in [2.45, 2.75) is 238 Å². The van der Waals surface area contributed by atoms with Gasteiger partial charge in [-0.3, -0.25) is 14.2 Å². The molecule has 2 unspecified atom stereocenters. The van der Waals surface area contributed by atoms with Gasteiger partial charge in [-0.15, -0.1) is 0 Å². The average Bonchev–Trinajstić information content (AvgIpc) is 3.30. The van der Waals surface area contributed by atoms with Crippen LogP contribution in [0.3, 0.4) is 0 Å². The Balaban J connectivity index is 4.17. The van der Waals surface area contributed by atoms with Gasteiger partial charge >= 0.3 is 11.9 Å². The third kappa shape index (κ3) is 52.8. The Morgan fingerprint density at radius 1 is 0.471 bits per heavy atom. The van der Waals surface area contributed by atoms with Gasteiger partial charge in [-0.05, 0) is 64.2 Å². The van der Waals surface area contributed by atoms with Crippen molar-refractivity contribution in [3.63, 3.8) is 0 Å². The number of quaternary nitrogens is 1. The maximum Gasteiger partial charge on any atom is 0.306 e. The fourth-order valence-corrected chi connectivity index (χ4v) is 8.21. The van der Waals surface area contributed by atoms with E-state index in [-0.39, 0.29) is 32.0 Å². The number of unbranched alkanes of at least 4 members (excludes halogenated alkanes) is 24. The molecule has 0 fully saturated rings. The highest BCUT2D eigenvalue weighted by Gasteiger charge is 2.21. The Labute approximate surface area is 418 Å². The summed E-state index contributed by atoms with van der Waals surface area (Å²) in [5.74, 6) is -0.834. The van der Waals surface area contributed by atoms with Crippen molar-refractivity contribution in [1.82, 2.24) is 0 Å². The largest absolute Gasteiger partial charge is 0.756 e. The van der Waals surface area contributed by atoms with Gasteiger partial charge in [0.25, 0.3) is 7.82 Å². The first kappa shape index (κ1) is 65.5. The van der Waals surface area contributed by atoms with Crippen LogP contribution in [0.15, 0.2) is 72.9 Å². The molecule has 0 aliphatic rings. The van der Waals surface area contributed by atoms with E-state index in [1.54, 1.807) is 0 Å². The number of hydrogen-bond acceptors (Lipinski definition) is 8. The van der Waals surface area contributed by atoms with Crippen LogP contribution in [-0.2, 0) is 32.7 Å². The molecule has 0 saturated heterocycles. The summed E-state index contributed by atoms with van der Waals surface area (Å²) < 4.78 is 34.1. The number of phosphoric acid groups is 1. The van der Waals surface area contributed by atoms with E-state index in [1.807, 2.05) is 21.1 Å². The molecule has 394 valence electrons. The molecule has 0 bridgehead atoms. The molecule has 0 spiro atoms. The standard InChI is InChI=1S/C58H104NO8P/c1-6-8-10-12-14-16-18-20-22-23-24-25-26-27-28-29-30-31-32-33-34-35-37-39-41-43-45-47-49-51-58(61)67-56(55-66-68(62,63)65-53-52-59(3,4)5)54-64-57(60)50-48-46-44-42-40-38-36-21-19-17-15-13-11-9-7-2/h8,10,14,16,20,22,24-25,27-28,30-31,56H,6-7,9,11-13,15,17-19,21,23,26,29,32-55H2,1-5H3/b10-8-,16-14-,22-20-,25-24-,28-27-,31-30-. The molecule has 2 atom stereocenters. The van der Waals surface area contributed by atoms with Crippen LogP contribution in [0.4, 0.5) is 0 Å². The number of carbonyl (C=O) groups is 2. The normalized spacial score (nSPS) is 13.9. The van der Waals surface area contributed by atoms with E-state index in [0.717, 1.165) is 83.5 Å². The van der Waals surface area contributed by atoms with Crippen molar-refractivity contribution < 1.29 is 42.1 Å². The monoisotopic (exact) mass is 974 g/mol. The van der Waals surface area contributed by atoms with Crippen LogP contribution in [0, 0.1) is 0 Å². The number of carbonyl (C=O) groups excluding carboxylic acids is 2. The second kappa shape index (κ2) is 49.4. The lowest BCUT2D eigenvalue weighted by molar-refractivity contribution is -0.870. The SMILES string of the molecule is CC/C=C\C/C=C\C/C=C\C/C=C\C/C=C\C/C=C\CCCCCCCCCCCCC(=O)OC(COC(=O)CCCCCCCCCCCCCCCCC)COP(=O)([O-])OCC[N+](C)(C)C. The maximum atomic E-state index is 12.8. The number of likely N-dealkylation sites (N-methyl/N-ethyl adjacent to an activating group) is 1. The molecular weight excluding hydrogens is 870 g/mol. The lowest BCUT2D eigenvalue weighted by Crippen LogP contribution is -2.37. The molecule has 0 aromatic rings. The number of nitrogens with zero attached hydrogens (tertiary/aromatic N) is 1. The predicted molar refractivity (Wildman–Crippen MR) is 286 cm³/mol. The molecule has 0 aromatic carbocycles. The molecule has 0 rings (SSSR count). The van der Waals surface area contributed by atoms with Gasteiger partial charge in [0.2, 0.25) is 0 Å². The molecule has 9 nitrogen and oxygen atoms in total. The molecule has 0 saturated carbocycles. The minimum atomic E-state index is -4.63. The van der Waals surface area contributed by atoms with E-state index in [0.29, 0.717) is 17.4 Å². The van der Waals surface area contributed by atoms with Crippen molar-refractivity contribution in [3.8, 4) is 0 Å².